The van der Waals surface area contributed by atoms with Crippen LogP contribution in [0.1, 0.15) is 24.3 Å². The molecule has 1 N–H and O–H groups in total. The number of ether oxygens (including phenoxy) is 1. The fourth-order valence-corrected chi connectivity index (χ4v) is 4.42. The lowest BCUT2D eigenvalue weighted by Crippen LogP contribution is -2.47. The lowest BCUT2D eigenvalue weighted by Gasteiger charge is -2.35. The van der Waals surface area contributed by atoms with E-state index in [9.17, 15) is 30.8 Å². The molecular weight excluding hydrogens is 500 g/mol. The second-order valence-corrected chi connectivity index (χ2v) is 10.0. The summed E-state index contributed by atoms with van der Waals surface area (Å²) in [7, 11) is -3.41. The molecule has 188 valence electrons. The van der Waals surface area contributed by atoms with E-state index in [4.69, 9.17) is 0 Å². The van der Waals surface area contributed by atoms with Gasteiger partial charge in [-0.05, 0) is 67.3 Å². The first-order chi connectivity index (χ1) is 15.4. The molecule has 3 rings (SSSR count). The molecule has 34 heavy (non-hydrogen) atoms. The van der Waals surface area contributed by atoms with E-state index in [1.807, 2.05) is 0 Å². The molecule has 0 aromatic heterocycles. The topological polar surface area (TPSA) is 75.7 Å². The molecule has 1 unspecified atom stereocenters. The van der Waals surface area contributed by atoms with E-state index < -0.39 is 40.6 Å². The Morgan fingerprint density at radius 3 is 2.50 bits per heavy atom. The number of amides is 1. The molecule has 0 saturated carbocycles. The predicted molar refractivity (Wildman–Crippen MR) is 122 cm³/mol. The van der Waals surface area contributed by atoms with Gasteiger partial charge in [-0.2, -0.15) is 13.2 Å². The molecule has 1 amide bonds. The zero-order chi connectivity index (χ0) is 24.2. The van der Waals surface area contributed by atoms with Crippen molar-refractivity contribution >= 4 is 34.0 Å². The fourth-order valence-electron chi connectivity index (χ4n) is 3.74. The first-order valence-corrected chi connectivity index (χ1v) is 12.1. The van der Waals surface area contributed by atoms with Crippen molar-refractivity contribution in [1.82, 2.24) is 4.90 Å². The number of sulfone groups is 1. The molecule has 1 fully saturated rings. The van der Waals surface area contributed by atoms with E-state index in [1.54, 1.807) is 23.1 Å². The highest BCUT2D eigenvalue weighted by Crippen LogP contribution is 2.31. The zero-order valence-electron chi connectivity index (χ0n) is 18.2. The number of nitrogens with one attached hydrogen (secondary N) is 1. The van der Waals surface area contributed by atoms with Gasteiger partial charge in [-0.25, -0.2) is 17.6 Å². The van der Waals surface area contributed by atoms with Gasteiger partial charge in [0.1, 0.15) is 5.82 Å². The Morgan fingerprint density at radius 2 is 1.88 bits per heavy atom. The smallest absolute Gasteiger partial charge is 0.426 e. The third-order valence-corrected chi connectivity index (χ3v) is 6.50. The number of rotatable bonds is 6. The third kappa shape index (κ3) is 7.85. The van der Waals surface area contributed by atoms with Crippen LogP contribution in [0.3, 0.4) is 0 Å². The van der Waals surface area contributed by atoms with Gasteiger partial charge in [-0.15, -0.1) is 12.4 Å². The summed E-state index contributed by atoms with van der Waals surface area (Å²) >= 11 is 0. The fraction of sp³-hybridized carbons (Fsp3) is 0.409. The molecule has 2 atom stereocenters. The monoisotopic (exact) mass is 524 g/mol. The average molecular weight is 525 g/mol. The molecule has 0 spiro atoms. The Kier molecular flexibility index (Phi) is 9.32. The molecule has 2 aromatic carbocycles. The Bertz CT molecular complexity index is 1080. The van der Waals surface area contributed by atoms with Crippen LogP contribution in [0.5, 0.6) is 0 Å². The summed E-state index contributed by atoms with van der Waals surface area (Å²) < 4.78 is 82.0. The number of nitrogens with zero attached hydrogens (tertiary/aromatic N) is 1. The minimum Gasteiger partial charge on any atom is -0.435 e. The summed E-state index contributed by atoms with van der Waals surface area (Å²) in [6.45, 7) is 0.100. The Hall–Kier alpha value is -2.37. The highest BCUT2D eigenvalue weighted by Gasteiger charge is 2.44. The van der Waals surface area contributed by atoms with Crippen molar-refractivity contribution in [2.45, 2.75) is 35.9 Å². The van der Waals surface area contributed by atoms with Crippen LogP contribution < -0.4 is 5.32 Å². The predicted octanol–water partition coefficient (Wildman–Crippen LogP) is 5.01. The minimum absolute atomic E-state index is 0. The van der Waals surface area contributed by atoms with Gasteiger partial charge in [0.2, 0.25) is 6.10 Å². The number of hydrogen-bond donors (Lipinski definition) is 1. The van der Waals surface area contributed by atoms with Gasteiger partial charge in [0, 0.05) is 25.0 Å². The first-order valence-electron chi connectivity index (χ1n) is 10.2. The number of piperidine rings is 1. The molecule has 12 heteroatoms. The van der Waals surface area contributed by atoms with Gasteiger partial charge in [0.25, 0.3) is 0 Å². The molecule has 0 bridgehead atoms. The van der Waals surface area contributed by atoms with Crippen LogP contribution in [0, 0.1) is 5.82 Å². The van der Waals surface area contributed by atoms with Gasteiger partial charge < -0.3 is 4.74 Å². The second kappa shape index (κ2) is 11.4. The van der Waals surface area contributed by atoms with Gasteiger partial charge in [0.15, 0.2) is 9.84 Å². The molecule has 6 nitrogen and oxygen atoms in total. The quantitative estimate of drug-likeness (QED) is 0.538. The summed E-state index contributed by atoms with van der Waals surface area (Å²) in [6, 6.07) is 10.9. The molecule has 0 radical (unpaired) electrons. The van der Waals surface area contributed by atoms with Crippen molar-refractivity contribution in [2.24, 2.45) is 0 Å². The third-order valence-electron chi connectivity index (χ3n) is 5.39. The molecule has 0 aliphatic carbocycles. The molecule has 2 aromatic rings. The number of carbonyl (C=O) groups excluding carboxylic acids is 1. The maximum atomic E-state index is 13.6. The number of likely N-dealkylation sites (tertiary alicyclic amines) is 1. The van der Waals surface area contributed by atoms with Crippen molar-refractivity contribution in [1.29, 1.82) is 0 Å². The lowest BCUT2D eigenvalue weighted by molar-refractivity contribution is -0.207. The van der Waals surface area contributed by atoms with E-state index in [-0.39, 0.29) is 35.5 Å². The van der Waals surface area contributed by atoms with E-state index >= 15 is 0 Å². The number of hydrogen-bond acceptors (Lipinski definition) is 5. The number of anilines is 1. The van der Waals surface area contributed by atoms with E-state index in [0.29, 0.717) is 19.4 Å². The van der Waals surface area contributed by atoms with Crippen molar-refractivity contribution < 1.29 is 35.5 Å². The lowest BCUT2D eigenvalue weighted by atomic mass is 9.90. The van der Waals surface area contributed by atoms with E-state index in [0.717, 1.165) is 24.0 Å². The van der Waals surface area contributed by atoms with Gasteiger partial charge >= 0.3 is 12.3 Å². The largest absolute Gasteiger partial charge is 0.435 e. The SMILES string of the molecule is CS(=O)(=O)c1cccc(C2CCCN(C[C@H](OC(=O)Nc3ccc(F)cc3)C(F)(F)F)C2)c1.Cl. The highest BCUT2D eigenvalue weighted by molar-refractivity contribution is 7.90. The van der Waals surface area contributed by atoms with Crippen LogP contribution in [0.25, 0.3) is 0 Å². The van der Waals surface area contributed by atoms with Gasteiger partial charge in [-0.1, -0.05) is 12.1 Å². The maximum Gasteiger partial charge on any atom is 0.426 e. The maximum absolute atomic E-state index is 13.6. The second-order valence-electron chi connectivity index (χ2n) is 8.01. The zero-order valence-corrected chi connectivity index (χ0v) is 19.9. The minimum atomic E-state index is -4.79. The van der Waals surface area contributed by atoms with Crippen LogP contribution >= 0.6 is 12.4 Å². The number of carbonyl (C=O) groups is 1. The van der Waals surface area contributed by atoms with Gasteiger partial charge in [0.05, 0.1) is 4.90 Å². The summed E-state index contributed by atoms with van der Waals surface area (Å²) in [5.41, 5.74) is 0.840. The standard InChI is InChI=1S/C22H24F4N2O4S.ClH/c1-33(30,31)19-6-2-4-15(12-19)16-5-3-11-28(13-16)14-20(22(24,25)26)32-21(29)27-18-9-7-17(23)8-10-18;/h2,4,6-10,12,16,20H,3,5,11,13-14H2,1H3,(H,27,29);1H/t16?,20-;/m0./s1. The van der Waals surface area contributed by atoms with Gasteiger partial charge in [-0.3, -0.25) is 10.2 Å². The van der Waals surface area contributed by atoms with Crippen molar-refractivity contribution in [3.63, 3.8) is 0 Å². The molecule has 1 saturated heterocycles. The van der Waals surface area contributed by atoms with Crippen LogP contribution in [0.4, 0.5) is 28.0 Å². The van der Waals surface area contributed by atoms with Crippen LogP contribution in [-0.4, -0.2) is 57.6 Å². The summed E-state index contributed by atoms with van der Waals surface area (Å²) in [4.78, 5) is 13.7. The van der Waals surface area contributed by atoms with Crippen LogP contribution in [0.2, 0.25) is 0 Å². The first kappa shape index (κ1) is 27.9. The number of halogens is 5. The molecular formula is C22H25ClF4N2O4S. The van der Waals surface area contributed by atoms with Crippen molar-refractivity contribution in [3.8, 4) is 0 Å². The Balaban J connectivity index is 0.00000408. The summed E-state index contributed by atoms with van der Waals surface area (Å²) in [6.07, 6.45) is -6.03. The highest BCUT2D eigenvalue weighted by atomic mass is 35.5. The number of alkyl halides is 3. The van der Waals surface area contributed by atoms with Crippen molar-refractivity contribution in [2.75, 3.05) is 31.2 Å². The van der Waals surface area contributed by atoms with Crippen molar-refractivity contribution in [3.05, 3.63) is 59.9 Å². The Morgan fingerprint density at radius 1 is 1.21 bits per heavy atom. The number of benzene rings is 2. The Labute approximate surface area is 201 Å². The molecule has 1 aliphatic rings. The normalized spacial score (nSPS) is 18.0. The van der Waals surface area contributed by atoms with E-state index in [1.165, 1.54) is 18.2 Å². The average Bonchev–Trinajstić information content (AvgIpc) is 2.74. The van der Waals surface area contributed by atoms with Crippen LogP contribution in [0.15, 0.2) is 53.4 Å². The van der Waals surface area contributed by atoms with Crippen LogP contribution in [-0.2, 0) is 14.6 Å². The summed E-state index contributed by atoms with van der Waals surface area (Å²) in [5.74, 6) is -0.703. The summed E-state index contributed by atoms with van der Waals surface area (Å²) in [5, 5.41) is 2.16. The molecule has 1 aliphatic heterocycles. The molecule has 1 heterocycles. The van der Waals surface area contributed by atoms with E-state index in [2.05, 4.69) is 10.1 Å².